The van der Waals surface area contributed by atoms with Gasteiger partial charge in [0.1, 0.15) is 5.76 Å². The molecule has 1 aromatic heterocycles. The predicted molar refractivity (Wildman–Crippen MR) is 77.1 cm³/mol. The second-order valence-electron chi connectivity index (χ2n) is 5.18. The van der Waals surface area contributed by atoms with Crippen LogP contribution in [0.3, 0.4) is 0 Å². The zero-order valence-corrected chi connectivity index (χ0v) is 12.5. The molecule has 1 aromatic rings. The molecule has 0 spiro atoms. The van der Waals surface area contributed by atoms with Crippen LogP contribution in [0.4, 0.5) is 0 Å². The van der Waals surface area contributed by atoms with Crippen LogP contribution >= 0.6 is 0 Å². The molecule has 1 aliphatic heterocycles. The highest BCUT2D eigenvalue weighted by molar-refractivity contribution is 5.27. The predicted octanol–water partition coefficient (Wildman–Crippen LogP) is 2.25. The molecular weight excluding hydrogens is 238 g/mol. The first-order valence-corrected chi connectivity index (χ1v) is 7.18. The van der Waals surface area contributed by atoms with Gasteiger partial charge >= 0.3 is 0 Å². The summed E-state index contributed by atoms with van der Waals surface area (Å²) in [6.07, 6.45) is 5.44. The molecule has 0 amide bonds. The number of allylic oxidation sites excluding steroid dienone is 1. The molecule has 106 valence electrons. The van der Waals surface area contributed by atoms with Crippen molar-refractivity contribution in [2.45, 2.75) is 46.1 Å². The number of ether oxygens (including phenoxy) is 1. The van der Waals surface area contributed by atoms with Gasteiger partial charge in [-0.2, -0.15) is 5.10 Å². The van der Waals surface area contributed by atoms with Crippen LogP contribution in [0.2, 0.25) is 0 Å². The quantitative estimate of drug-likeness (QED) is 0.885. The monoisotopic (exact) mass is 263 g/mol. The fourth-order valence-corrected chi connectivity index (χ4v) is 2.66. The highest BCUT2D eigenvalue weighted by atomic mass is 16.5. The van der Waals surface area contributed by atoms with Gasteiger partial charge in [0.15, 0.2) is 0 Å². The van der Waals surface area contributed by atoms with Crippen molar-refractivity contribution < 1.29 is 4.74 Å². The number of aryl methyl sites for hydroxylation is 2. The molecule has 0 aromatic carbocycles. The summed E-state index contributed by atoms with van der Waals surface area (Å²) in [5.74, 6) is 1.11. The van der Waals surface area contributed by atoms with Gasteiger partial charge in [0.25, 0.3) is 0 Å². The van der Waals surface area contributed by atoms with Crippen molar-refractivity contribution in [1.29, 1.82) is 0 Å². The van der Waals surface area contributed by atoms with E-state index in [9.17, 15) is 0 Å². The lowest BCUT2D eigenvalue weighted by Gasteiger charge is -2.24. The number of nitrogens with zero attached hydrogens (tertiary/aromatic N) is 2. The molecule has 0 saturated carbocycles. The molecule has 4 heteroatoms. The molecule has 2 heterocycles. The van der Waals surface area contributed by atoms with E-state index in [1.807, 2.05) is 11.7 Å². The minimum atomic E-state index is 0.270. The van der Waals surface area contributed by atoms with E-state index in [0.29, 0.717) is 0 Å². The van der Waals surface area contributed by atoms with Gasteiger partial charge in [-0.05, 0) is 51.3 Å². The van der Waals surface area contributed by atoms with Gasteiger partial charge in [-0.15, -0.1) is 0 Å². The lowest BCUT2D eigenvalue weighted by molar-refractivity contribution is 0.167. The third-order valence-corrected chi connectivity index (χ3v) is 3.82. The van der Waals surface area contributed by atoms with Crippen LogP contribution in [-0.4, -0.2) is 29.0 Å². The van der Waals surface area contributed by atoms with Gasteiger partial charge in [0.05, 0.1) is 18.3 Å². The summed E-state index contributed by atoms with van der Waals surface area (Å²) in [6, 6.07) is 0.270. The van der Waals surface area contributed by atoms with Crippen molar-refractivity contribution in [3.8, 4) is 0 Å². The van der Waals surface area contributed by atoms with Crippen LogP contribution in [0.25, 0.3) is 0 Å². The second-order valence-corrected chi connectivity index (χ2v) is 5.18. The molecule has 0 saturated heterocycles. The molecule has 0 radical (unpaired) electrons. The molecule has 1 unspecified atom stereocenters. The Morgan fingerprint density at radius 1 is 1.47 bits per heavy atom. The van der Waals surface area contributed by atoms with Crippen molar-refractivity contribution in [2.75, 3.05) is 13.2 Å². The molecule has 2 rings (SSSR count). The average Bonchev–Trinajstić information content (AvgIpc) is 2.65. The molecular formula is C15H25N3O. The maximum absolute atomic E-state index is 5.82. The van der Waals surface area contributed by atoms with Gasteiger partial charge in [-0.3, -0.25) is 4.68 Å². The van der Waals surface area contributed by atoms with Crippen molar-refractivity contribution in [3.63, 3.8) is 0 Å². The lowest BCUT2D eigenvalue weighted by atomic mass is 10.0. The van der Waals surface area contributed by atoms with Crippen LogP contribution < -0.4 is 5.32 Å². The van der Waals surface area contributed by atoms with E-state index >= 15 is 0 Å². The smallest absolute Gasteiger partial charge is 0.109 e. The summed E-state index contributed by atoms with van der Waals surface area (Å²) in [5, 5.41) is 8.03. The number of nitrogens with one attached hydrogen (secondary N) is 1. The SMILES string of the molecule is CCNC(Cc1c(C)nn(C)c1C)C1=CCCCO1. The van der Waals surface area contributed by atoms with Crippen LogP contribution in [0.5, 0.6) is 0 Å². The lowest BCUT2D eigenvalue weighted by Crippen LogP contribution is -2.35. The Labute approximate surface area is 115 Å². The van der Waals surface area contributed by atoms with E-state index in [2.05, 4.69) is 37.3 Å². The van der Waals surface area contributed by atoms with Crippen molar-refractivity contribution in [1.82, 2.24) is 15.1 Å². The fraction of sp³-hybridized carbons (Fsp3) is 0.667. The number of hydrogen-bond donors (Lipinski definition) is 1. The van der Waals surface area contributed by atoms with E-state index < -0.39 is 0 Å². The first-order valence-electron chi connectivity index (χ1n) is 7.18. The van der Waals surface area contributed by atoms with Crippen LogP contribution in [0.15, 0.2) is 11.8 Å². The zero-order chi connectivity index (χ0) is 13.8. The molecule has 0 bridgehead atoms. The van der Waals surface area contributed by atoms with E-state index in [4.69, 9.17) is 4.74 Å². The standard InChI is InChI=1S/C15H25N3O/c1-5-16-14(15-8-6-7-9-19-15)10-13-11(2)17-18(4)12(13)3/h8,14,16H,5-7,9-10H2,1-4H3. The summed E-state index contributed by atoms with van der Waals surface area (Å²) in [4.78, 5) is 0. The summed E-state index contributed by atoms with van der Waals surface area (Å²) in [7, 11) is 2.00. The van der Waals surface area contributed by atoms with Crippen LogP contribution in [-0.2, 0) is 18.2 Å². The van der Waals surface area contributed by atoms with Gasteiger partial charge in [0.2, 0.25) is 0 Å². The number of aromatic nitrogens is 2. The molecule has 19 heavy (non-hydrogen) atoms. The summed E-state index contributed by atoms with van der Waals surface area (Å²) >= 11 is 0. The third-order valence-electron chi connectivity index (χ3n) is 3.82. The van der Waals surface area contributed by atoms with Gasteiger partial charge in [-0.1, -0.05) is 6.92 Å². The van der Waals surface area contributed by atoms with Crippen molar-refractivity contribution >= 4 is 0 Å². The Bertz CT molecular complexity index is 462. The Kier molecular flexibility index (Phi) is 4.64. The maximum atomic E-state index is 5.82. The normalized spacial score (nSPS) is 16.9. The number of rotatable bonds is 5. The largest absolute Gasteiger partial charge is 0.497 e. The summed E-state index contributed by atoms with van der Waals surface area (Å²) in [5.41, 5.74) is 3.71. The third kappa shape index (κ3) is 3.18. The van der Waals surface area contributed by atoms with E-state index in [-0.39, 0.29) is 6.04 Å². The first-order chi connectivity index (χ1) is 9.13. The first kappa shape index (κ1) is 14.1. The topological polar surface area (TPSA) is 39.1 Å². The van der Waals surface area contributed by atoms with Crippen LogP contribution in [0, 0.1) is 13.8 Å². The molecule has 1 N–H and O–H groups in total. The Balaban J connectivity index is 2.18. The Morgan fingerprint density at radius 2 is 2.26 bits per heavy atom. The Morgan fingerprint density at radius 3 is 2.79 bits per heavy atom. The van der Waals surface area contributed by atoms with E-state index in [1.165, 1.54) is 11.3 Å². The Hall–Kier alpha value is -1.29. The fourth-order valence-electron chi connectivity index (χ4n) is 2.66. The summed E-state index contributed by atoms with van der Waals surface area (Å²) in [6.45, 7) is 8.15. The molecule has 4 nitrogen and oxygen atoms in total. The van der Waals surface area contributed by atoms with E-state index in [1.54, 1.807) is 0 Å². The van der Waals surface area contributed by atoms with Gasteiger partial charge in [0, 0.05) is 12.7 Å². The van der Waals surface area contributed by atoms with E-state index in [0.717, 1.165) is 43.9 Å². The summed E-state index contributed by atoms with van der Waals surface area (Å²) < 4.78 is 7.78. The van der Waals surface area contributed by atoms with Crippen molar-refractivity contribution in [2.24, 2.45) is 7.05 Å². The minimum absolute atomic E-state index is 0.270. The molecule has 1 atom stereocenters. The second kappa shape index (κ2) is 6.24. The molecule has 0 fully saturated rings. The molecule has 1 aliphatic rings. The minimum Gasteiger partial charge on any atom is -0.497 e. The van der Waals surface area contributed by atoms with Gasteiger partial charge < -0.3 is 10.1 Å². The highest BCUT2D eigenvalue weighted by Gasteiger charge is 2.21. The average molecular weight is 263 g/mol. The number of hydrogen-bond acceptors (Lipinski definition) is 3. The number of likely N-dealkylation sites (N-methyl/N-ethyl adjacent to an activating group) is 1. The van der Waals surface area contributed by atoms with Crippen LogP contribution in [0.1, 0.15) is 36.7 Å². The molecule has 0 aliphatic carbocycles. The highest BCUT2D eigenvalue weighted by Crippen LogP contribution is 2.20. The van der Waals surface area contributed by atoms with Crippen molar-refractivity contribution in [3.05, 3.63) is 28.8 Å². The van der Waals surface area contributed by atoms with Gasteiger partial charge in [-0.25, -0.2) is 0 Å². The zero-order valence-electron chi connectivity index (χ0n) is 12.5. The maximum Gasteiger partial charge on any atom is 0.109 e.